The highest BCUT2D eigenvalue weighted by molar-refractivity contribution is 6.01. The van der Waals surface area contributed by atoms with Crippen molar-refractivity contribution < 1.29 is 38.6 Å². The van der Waals surface area contributed by atoms with Gasteiger partial charge >= 0.3 is 17.8 Å². The van der Waals surface area contributed by atoms with Gasteiger partial charge in [0.1, 0.15) is 18.2 Å². The molecule has 1 atom stereocenters. The molecule has 1 N–H and O–H groups in total. The number of rotatable bonds is 11. The van der Waals surface area contributed by atoms with Crippen LogP contribution in [-0.4, -0.2) is 46.1 Å². The van der Waals surface area contributed by atoms with Gasteiger partial charge in [-0.1, -0.05) is 60.7 Å². The lowest BCUT2D eigenvalue weighted by Gasteiger charge is -2.18. The number of hydrogen-bond acceptors (Lipinski definition) is 10. The lowest BCUT2D eigenvalue weighted by molar-refractivity contribution is -0.385. The summed E-state index contributed by atoms with van der Waals surface area (Å²) in [6.07, 6.45) is -1.98. The van der Waals surface area contributed by atoms with Crippen molar-refractivity contribution in [1.82, 2.24) is 4.90 Å². The number of esters is 1. The number of nitro groups is 1. The normalized spacial score (nSPS) is 11.5. The van der Waals surface area contributed by atoms with E-state index in [1.807, 2.05) is 0 Å². The highest BCUT2D eigenvalue weighted by Crippen LogP contribution is 2.38. The number of amides is 1. The van der Waals surface area contributed by atoms with E-state index < -0.39 is 46.2 Å². The fourth-order valence-electron chi connectivity index (χ4n) is 3.80. The van der Waals surface area contributed by atoms with Gasteiger partial charge in [-0.25, -0.2) is 9.59 Å². The zero-order valence-corrected chi connectivity index (χ0v) is 22.8. The second-order valence-corrected chi connectivity index (χ2v) is 8.65. The predicted octanol–water partition coefficient (Wildman–Crippen LogP) is 5.08. The standard InChI is InChI=1S/C30H27N3O9/c1-3-32(4-2)28(35)23(18-31)15-21-16-24(33(38)39)26(34)25(17-21)41-30(37)42-27(22-13-9-6-10-14-22)29(36)40-19-20-11-7-5-8-12-20/h5-17,27,34H,3-4,19H2,1-2H3/b23-15+. The molecule has 3 aromatic carbocycles. The van der Waals surface area contributed by atoms with E-state index in [0.29, 0.717) is 18.7 Å². The van der Waals surface area contributed by atoms with E-state index in [4.69, 9.17) is 14.2 Å². The number of nitrogens with zero attached hydrogens (tertiary/aromatic N) is 3. The first-order chi connectivity index (χ1) is 20.2. The van der Waals surface area contributed by atoms with E-state index in [9.17, 15) is 34.9 Å². The van der Waals surface area contributed by atoms with E-state index >= 15 is 0 Å². The molecule has 0 bridgehead atoms. The van der Waals surface area contributed by atoms with Crippen LogP contribution in [0.4, 0.5) is 10.5 Å². The molecular weight excluding hydrogens is 546 g/mol. The molecule has 42 heavy (non-hydrogen) atoms. The molecule has 0 aliphatic rings. The van der Waals surface area contributed by atoms with Gasteiger partial charge in [0, 0.05) is 24.7 Å². The zero-order valence-electron chi connectivity index (χ0n) is 22.8. The minimum absolute atomic E-state index is 0.0822. The number of nitriles is 1. The number of aromatic hydroxyl groups is 1. The number of likely N-dealkylation sites (N-methyl/N-ethyl adjacent to an activating group) is 1. The molecule has 216 valence electrons. The summed E-state index contributed by atoms with van der Waals surface area (Å²) in [5.74, 6) is -3.23. The van der Waals surface area contributed by atoms with Gasteiger partial charge in [0.15, 0.2) is 5.75 Å². The summed E-state index contributed by atoms with van der Waals surface area (Å²) in [5.41, 5.74) is -0.328. The number of phenolic OH excluding ortho intramolecular Hbond substituents is 1. The average Bonchev–Trinajstić information content (AvgIpc) is 3.00. The molecule has 0 heterocycles. The summed E-state index contributed by atoms with van der Waals surface area (Å²) in [6.45, 7) is 3.98. The number of nitro benzene ring substituents is 1. The van der Waals surface area contributed by atoms with Crippen LogP contribution in [0, 0.1) is 21.4 Å². The zero-order chi connectivity index (χ0) is 30.6. The minimum Gasteiger partial charge on any atom is -0.499 e. The summed E-state index contributed by atoms with van der Waals surface area (Å²) in [4.78, 5) is 50.4. The van der Waals surface area contributed by atoms with Crippen molar-refractivity contribution >= 4 is 29.8 Å². The number of ether oxygens (including phenoxy) is 3. The Kier molecular flexibility index (Phi) is 10.7. The van der Waals surface area contributed by atoms with E-state index in [1.165, 1.54) is 17.0 Å². The maximum Gasteiger partial charge on any atom is 0.515 e. The van der Waals surface area contributed by atoms with E-state index in [-0.39, 0.29) is 23.3 Å². The van der Waals surface area contributed by atoms with E-state index in [2.05, 4.69) is 0 Å². The summed E-state index contributed by atoms with van der Waals surface area (Å²) in [6, 6.07) is 20.4. The van der Waals surface area contributed by atoms with Crippen LogP contribution in [0.5, 0.6) is 11.5 Å². The average molecular weight is 574 g/mol. The Morgan fingerprint density at radius 2 is 1.67 bits per heavy atom. The summed E-state index contributed by atoms with van der Waals surface area (Å²) in [5, 5.41) is 31.6. The molecule has 1 amide bonds. The maximum atomic E-state index is 12.9. The van der Waals surface area contributed by atoms with Gasteiger partial charge in [0.2, 0.25) is 11.9 Å². The first-order valence-electron chi connectivity index (χ1n) is 12.7. The largest absolute Gasteiger partial charge is 0.515 e. The molecule has 0 radical (unpaired) electrons. The maximum absolute atomic E-state index is 12.9. The third-order valence-corrected chi connectivity index (χ3v) is 5.93. The van der Waals surface area contributed by atoms with Crippen molar-refractivity contribution in [2.75, 3.05) is 13.1 Å². The molecule has 0 aromatic heterocycles. The number of hydrogen-bond donors (Lipinski definition) is 1. The summed E-state index contributed by atoms with van der Waals surface area (Å²) >= 11 is 0. The van der Waals surface area contributed by atoms with Crippen LogP contribution in [-0.2, 0) is 25.7 Å². The summed E-state index contributed by atoms with van der Waals surface area (Å²) in [7, 11) is 0. The Morgan fingerprint density at radius 1 is 1.05 bits per heavy atom. The van der Waals surface area contributed by atoms with Gasteiger partial charge in [-0.3, -0.25) is 14.9 Å². The molecule has 12 nitrogen and oxygen atoms in total. The van der Waals surface area contributed by atoms with Gasteiger partial charge < -0.3 is 24.2 Å². The highest BCUT2D eigenvalue weighted by atomic mass is 16.7. The van der Waals surface area contributed by atoms with Gasteiger partial charge in [-0.15, -0.1) is 0 Å². The molecule has 1 unspecified atom stereocenters. The van der Waals surface area contributed by atoms with Crippen molar-refractivity contribution in [1.29, 1.82) is 5.26 Å². The van der Waals surface area contributed by atoms with Crippen molar-refractivity contribution in [2.24, 2.45) is 0 Å². The first-order valence-corrected chi connectivity index (χ1v) is 12.7. The van der Waals surface area contributed by atoms with E-state index in [1.54, 1.807) is 68.4 Å². The Labute approximate surface area is 241 Å². The summed E-state index contributed by atoms with van der Waals surface area (Å²) < 4.78 is 15.6. The first kappa shape index (κ1) is 30.8. The SMILES string of the molecule is CCN(CC)C(=O)/C(C#N)=C/c1cc(OC(=O)OC(C(=O)OCc2ccccc2)c2ccccc2)c(O)c([N+](=O)[O-])c1. The molecule has 0 spiro atoms. The van der Waals surface area contributed by atoms with Crippen LogP contribution < -0.4 is 4.74 Å². The monoisotopic (exact) mass is 573 g/mol. The number of benzene rings is 3. The van der Waals surface area contributed by atoms with Crippen LogP contribution in [0.25, 0.3) is 6.08 Å². The fourth-order valence-corrected chi connectivity index (χ4v) is 3.80. The Morgan fingerprint density at radius 3 is 2.24 bits per heavy atom. The second kappa shape index (κ2) is 14.6. The molecule has 0 aliphatic carbocycles. The van der Waals surface area contributed by atoms with Crippen LogP contribution in [0.1, 0.15) is 36.6 Å². The van der Waals surface area contributed by atoms with E-state index in [0.717, 1.165) is 18.2 Å². The molecule has 12 heteroatoms. The van der Waals surface area contributed by atoms with Crippen LogP contribution in [0.2, 0.25) is 0 Å². The van der Waals surface area contributed by atoms with Gasteiger partial charge in [-0.2, -0.15) is 5.26 Å². The molecule has 3 rings (SSSR count). The molecule has 0 aliphatic heterocycles. The predicted molar refractivity (Wildman–Crippen MR) is 149 cm³/mol. The molecule has 3 aromatic rings. The number of phenols is 1. The number of carbonyl (C=O) groups is 3. The number of carbonyl (C=O) groups excluding carboxylic acids is 3. The Balaban J connectivity index is 1.89. The molecule has 0 saturated carbocycles. The lowest BCUT2D eigenvalue weighted by atomic mass is 10.1. The third kappa shape index (κ3) is 7.92. The van der Waals surface area contributed by atoms with Crippen molar-refractivity contribution in [2.45, 2.75) is 26.6 Å². The van der Waals surface area contributed by atoms with Crippen LogP contribution in [0.3, 0.4) is 0 Å². The molecule has 0 saturated heterocycles. The van der Waals surface area contributed by atoms with Crippen molar-refractivity contribution in [3.63, 3.8) is 0 Å². The molecular formula is C30H27N3O9. The van der Waals surface area contributed by atoms with Gasteiger partial charge in [0.05, 0.1) is 4.92 Å². The highest BCUT2D eigenvalue weighted by Gasteiger charge is 2.30. The molecule has 0 fully saturated rings. The van der Waals surface area contributed by atoms with Crippen molar-refractivity contribution in [3.05, 3.63) is 105 Å². The lowest BCUT2D eigenvalue weighted by Crippen LogP contribution is -2.31. The van der Waals surface area contributed by atoms with Crippen molar-refractivity contribution in [3.8, 4) is 17.6 Å². The topological polar surface area (TPSA) is 169 Å². The quantitative estimate of drug-likeness (QED) is 0.0815. The third-order valence-electron chi connectivity index (χ3n) is 5.93. The Bertz CT molecular complexity index is 1510. The second-order valence-electron chi connectivity index (χ2n) is 8.65. The van der Waals surface area contributed by atoms with Crippen LogP contribution >= 0.6 is 0 Å². The smallest absolute Gasteiger partial charge is 0.499 e. The fraction of sp³-hybridized carbons (Fsp3) is 0.200. The van der Waals surface area contributed by atoms with Gasteiger partial charge in [-0.05, 0) is 37.1 Å². The Hall–Kier alpha value is -5.70. The van der Waals surface area contributed by atoms with Gasteiger partial charge in [0.25, 0.3) is 5.91 Å². The van der Waals surface area contributed by atoms with Crippen LogP contribution in [0.15, 0.2) is 78.4 Å². The minimum atomic E-state index is -1.57.